The predicted octanol–water partition coefficient (Wildman–Crippen LogP) is 2.24. The molecule has 0 saturated carbocycles. The Morgan fingerprint density at radius 3 is 2.05 bits per heavy atom. The number of hydrogen-bond donors (Lipinski definition) is 3. The SMILES string of the molecule is CCCCc1cc[c]([Al])c(CCCC)c1.O=P(O)(O)O. The fourth-order valence-electron chi connectivity index (χ4n) is 1.78. The second-order valence-corrected chi connectivity index (χ2v) is 6.40. The highest BCUT2D eigenvalue weighted by atomic mass is 31.2. The van der Waals surface area contributed by atoms with E-state index in [0.717, 1.165) is 0 Å². The Kier molecular flexibility index (Phi) is 10.5. The van der Waals surface area contributed by atoms with Crippen molar-refractivity contribution >= 4 is 28.5 Å². The van der Waals surface area contributed by atoms with Gasteiger partial charge in [0.15, 0.2) is 16.3 Å². The van der Waals surface area contributed by atoms with Crippen LogP contribution in [0.3, 0.4) is 0 Å². The third kappa shape index (κ3) is 11.7. The summed E-state index contributed by atoms with van der Waals surface area (Å²) >= 11 is 2.85. The Morgan fingerprint density at radius 1 is 1.05 bits per heavy atom. The van der Waals surface area contributed by atoms with Gasteiger partial charge in [0.2, 0.25) is 0 Å². The third-order valence-electron chi connectivity index (χ3n) is 2.83. The number of phosphoric acid groups is 1. The van der Waals surface area contributed by atoms with Gasteiger partial charge in [-0.25, -0.2) is 4.57 Å². The maximum absolute atomic E-state index is 8.88. The van der Waals surface area contributed by atoms with Crippen molar-refractivity contribution in [2.24, 2.45) is 0 Å². The molecular formula is C14H24AlO4P. The van der Waals surface area contributed by atoms with E-state index in [2.05, 4.69) is 48.3 Å². The number of unbranched alkanes of at least 4 members (excludes halogenated alkanes) is 2. The van der Waals surface area contributed by atoms with Crippen LogP contribution in [-0.4, -0.2) is 31.0 Å². The van der Waals surface area contributed by atoms with Gasteiger partial charge in [-0.1, -0.05) is 50.5 Å². The minimum absolute atomic E-state index is 1.23. The van der Waals surface area contributed by atoms with Crippen molar-refractivity contribution in [3.8, 4) is 0 Å². The topological polar surface area (TPSA) is 77.8 Å². The Bertz CT molecular complexity index is 423. The van der Waals surface area contributed by atoms with Gasteiger partial charge in [-0.3, -0.25) is 0 Å². The molecule has 0 spiro atoms. The second-order valence-electron chi connectivity index (χ2n) is 4.75. The van der Waals surface area contributed by atoms with Crippen LogP contribution in [0, 0.1) is 0 Å². The van der Waals surface area contributed by atoms with Gasteiger partial charge in [-0.2, -0.15) is 0 Å². The molecule has 1 aromatic carbocycles. The van der Waals surface area contributed by atoms with E-state index in [-0.39, 0.29) is 0 Å². The average Bonchev–Trinajstić information content (AvgIpc) is 2.34. The van der Waals surface area contributed by atoms with Crippen LogP contribution in [0.15, 0.2) is 18.2 Å². The largest absolute Gasteiger partial charge is 0.466 e. The predicted molar refractivity (Wildman–Crippen MR) is 83.3 cm³/mol. The third-order valence-corrected chi connectivity index (χ3v) is 3.39. The molecule has 3 N–H and O–H groups in total. The first kappa shape index (κ1) is 19.9. The van der Waals surface area contributed by atoms with E-state index in [1.807, 2.05) is 0 Å². The Hall–Kier alpha value is -0.138. The zero-order chi connectivity index (χ0) is 15.6. The molecule has 0 fully saturated rings. The van der Waals surface area contributed by atoms with Crippen molar-refractivity contribution in [1.29, 1.82) is 0 Å². The quantitative estimate of drug-likeness (QED) is 0.556. The maximum Gasteiger partial charge on any atom is 0.466 e. The smallest absolute Gasteiger partial charge is 0.303 e. The minimum atomic E-state index is -4.64. The van der Waals surface area contributed by atoms with Gasteiger partial charge in [0, 0.05) is 0 Å². The summed E-state index contributed by atoms with van der Waals surface area (Å²) in [7, 11) is -4.64. The number of aryl methyl sites for hydroxylation is 2. The molecule has 4 nitrogen and oxygen atoms in total. The lowest BCUT2D eigenvalue weighted by atomic mass is 10.0. The summed E-state index contributed by atoms with van der Waals surface area (Å²) in [5, 5.41) is 0. The summed E-state index contributed by atoms with van der Waals surface area (Å²) in [6.07, 6.45) is 7.65. The van der Waals surface area contributed by atoms with Gasteiger partial charge in [-0.05, 0) is 31.2 Å². The van der Waals surface area contributed by atoms with Gasteiger partial charge in [0.25, 0.3) is 0 Å². The molecule has 0 amide bonds. The Morgan fingerprint density at radius 2 is 1.55 bits per heavy atom. The van der Waals surface area contributed by atoms with E-state index in [4.69, 9.17) is 19.2 Å². The first-order chi connectivity index (χ1) is 9.27. The number of rotatable bonds is 6. The van der Waals surface area contributed by atoms with E-state index >= 15 is 0 Å². The molecule has 0 aliphatic carbocycles. The van der Waals surface area contributed by atoms with Gasteiger partial charge in [0.05, 0.1) is 0 Å². The van der Waals surface area contributed by atoms with Crippen LogP contribution in [0.1, 0.15) is 50.7 Å². The molecule has 6 heteroatoms. The molecule has 20 heavy (non-hydrogen) atoms. The molecule has 1 rings (SSSR count). The first-order valence-corrected chi connectivity index (χ1v) is 9.07. The van der Waals surface area contributed by atoms with Crippen molar-refractivity contribution in [2.45, 2.75) is 52.4 Å². The number of benzene rings is 1. The second kappa shape index (κ2) is 10.6. The average molecular weight is 314 g/mol. The van der Waals surface area contributed by atoms with E-state index in [1.54, 1.807) is 0 Å². The van der Waals surface area contributed by atoms with Crippen LogP contribution in [0.4, 0.5) is 0 Å². The maximum atomic E-state index is 8.88. The van der Waals surface area contributed by atoms with E-state index in [1.165, 1.54) is 54.1 Å². The highest BCUT2D eigenvalue weighted by molar-refractivity contribution is 7.45. The molecule has 1 aromatic rings. The molecule has 112 valence electrons. The van der Waals surface area contributed by atoms with Gasteiger partial charge in [-0.15, -0.1) is 4.43 Å². The lowest BCUT2D eigenvalue weighted by molar-refractivity contribution is 0.275. The van der Waals surface area contributed by atoms with Crippen LogP contribution in [0.25, 0.3) is 0 Å². The molecule has 0 aliphatic rings. The molecule has 0 saturated heterocycles. The van der Waals surface area contributed by atoms with E-state index in [0.29, 0.717) is 0 Å². The summed E-state index contributed by atoms with van der Waals surface area (Å²) in [6, 6.07) is 6.92. The van der Waals surface area contributed by atoms with Crippen LogP contribution in [-0.2, 0) is 17.4 Å². The zero-order valence-corrected chi connectivity index (χ0v) is 14.3. The first-order valence-electron chi connectivity index (χ1n) is 6.93. The molecule has 0 atom stereocenters. The van der Waals surface area contributed by atoms with Crippen LogP contribution >= 0.6 is 7.82 Å². The van der Waals surface area contributed by atoms with E-state index < -0.39 is 7.82 Å². The zero-order valence-electron chi connectivity index (χ0n) is 12.2. The van der Waals surface area contributed by atoms with Crippen LogP contribution in [0.5, 0.6) is 0 Å². The normalized spacial score (nSPS) is 10.8. The molecule has 0 unspecified atom stereocenters. The van der Waals surface area contributed by atoms with Crippen molar-refractivity contribution in [1.82, 2.24) is 0 Å². The molecule has 0 heterocycles. The fraction of sp³-hybridized carbons (Fsp3) is 0.571. The highest BCUT2D eigenvalue weighted by Gasteiger charge is 2.00. The molecular weight excluding hydrogens is 290 g/mol. The van der Waals surface area contributed by atoms with Crippen molar-refractivity contribution in [2.75, 3.05) is 0 Å². The highest BCUT2D eigenvalue weighted by Crippen LogP contribution is 2.25. The summed E-state index contributed by atoms with van der Waals surface area (Å²) in [5.74, 6) is 0. The number of hydrogen-bond acceptors (Lipinski definition) is 1. The minimum Gasteiger partial charge on any atom is -0.303 e. The van der Waals surface area contributed by atoms with E-state index in [9.17, 15) is 0 Å². The van der Waals surface area contributed by atoms with Crippen molar-refractivity contribution in [3.05, 3.63) is 29.3 Å². The van der Waals surface area contributed by atoms with Crippen molar-refractivity contribution in [3.63, 3.8) is 0 Å². The van der Waals surface area contributed by atoms with Crippen molar-refractivity contribution < 1.29 is 19.2 Å². The Labute approximate surface area is 129 Å². The molecule has 0 aromatic heterocycles. The molecule has 0 aliphatic heterocycles. The summed E-state index contributed by atoms with van der Waals surface area (Å²) in [5.41, 5.74) is 3.03. The van der Waals surface area contributed by atoms with Gasteiger partial charge in [0.1, 0.15) is 0 Å². The standard InChI is InChI=1S/C14H21.Al.H3O4P/c1-3-5-8-13-10-7-11-14(12-13)9-6-4-2;;1-5(2,3)4/h7,10,12H,3-6,8-9H2,1-2H3;;(H3,1,2,3,4). The fourth-order valence-corrected chi connectivity index (χ4v) is 2.10. The van der Waals surface area contributed by atoms with Crippen LogP contribution in [0.2, 0.25) is 0 Å². The summed E-state index contributed by atoms with van der Waals surface area (Å²) in [4.78, 5) is 21.6. The van der Waals surface area contributed by atoms with Gasteiger partial charge < -0.3 is 14.7 Å². The lowest BCUT2D eigenvalue weighted by Crippen LogP contribution is -2.10. The summed E-state index contributed by atoms with van der Waals surface area (Å²) in [6.45, 7) is 4.51. The summed E-state index contributed by atoms with van der Waals surface area (Å²) < 4.78 is 10.3. The monoisotopic (exact) mass is 314 g/mol. The van der Waals surface area contributed by atoms with Crippen LogP contribution < -0.4 is 4.43 Å². The lowest BCUT2D eigenvalue weighted by Gasteiger charge is -2.09. The molecule has 2 radical (unpaired) electrons. The Balaban J connectivity index is 0.000000621. The van der Waals surface area contributed by atoms with Gasteiger partial charge >= 0.3 is 7.82 Å². The molecule has 0 bridgehead atoms.